The highest BCUT2D eigenvalue weighted by molar-refractivity contribution is 7.83. The molecule has 11 aromatic rings. The van der Waals surface area contributed by atoms with Gasteiger partial charge in [0, 0.05) is 25.5 Å². The van der Waals surface area contributed by atoms with Gasteiger partial charge in [0.05, 0.1) is 17.1 Å². The number of anilines is 5. The van der Waals surface area contributed by atoms with Crippen LogP contribution in [0.25, 0.3) is 0 Å². The number of rotatable bonds is 16. The third kappa shape index (κ3) is 25.9. The molecule has 0 spiro atoms. The summed E-state index contributed by atoms with van der Waals surface area (Å²) in [7, 11) is 3.97. The molecule has 1 N–H and O–H groups in total. The van der Waals surface area contributed by atoms with E-state index in [4.69, 9.17) is 119 Å². The number of nitrogens with zero attached hydrogens (tertiary/aromatic N) is 4. The van der Waals surface area contributed by atoms with Crippen LogP contribution >= 0.6 is 85.5 Å². The fourth-order valence-electron chi connectivity index (χ4n) is 9.35. The first-order chi connectivity index (χ1) is 49.9. The molecular weight excluding hydrogens is 1420 g/mol. The van der Waals surface area contributed by atoms with Gasteiger partial charge in [0.2, 0.25) is 0 Å². The Hall–Kier alpha value is -10.4. The van der Waals surface area contributed by atoms with Crippen molar-refractivity contribution in [2.45, 2.75) is 60.3 Å². The van der Waals surface area contributed by atoms with Gasteiger partial charge >= 0.3 is 0 Å². The van der Waals surface area contributed by atoms with Crippen molar-refractivity contribution in [1.82, 2.24) is 0 Å². The number of benzene rings is 11. The van der Waals surface area contributed by atoms with Crippen molar-refractivity contribution in [3.8, 4) is 40.2 Å². The molecule has 0 aliphatic heterocycles. The Labute approximate surface area is 642 Å². The maximum atomic E-state index is 5.93. The normalized spacial score (nSPS) is 10.1. The predicted octanol–water partition coefficient (Wildman–Crippen LogP) is 21.9. The Balaban J connectivity index is 0.000000176. The molecule has 0 saturated heterocycles. The van der Waals surface area contributed by atoms with E-state index in [0.29, 0.717) is 39.7 Å². The van der Waals surface area contributed by atoms with Crippen LogP contribution in [-0.4, -0.2) is 50.3 Å². The summed E-state index contributed by atoms with van der Waals surface area (Å²) in [6.07, 6.45) is 4.10. The van der Waals surface area contributed by atoms with Gasteiger partial charge in [-0.1, -0.05) is 190 Å². The maximum Gasteiger partial charge on any atom is 0.277 e. The lowest BCUT2D eigenvalue weighted by atomic mass is 10.1. The number of para-hydroxylation sites is 5. The summed E-state index contributed by atoms with van der Waals surface area (Å²) in [6.45, 7) is 10.5. The van der Waals surface area contributed by atoms with Crippen molar-refractivity contribution in [1.29, 1.82) is 0 Å². The summed E-state index contributed by atoms with van der Waals surface area (Å²) in [6, 6.07) is 94.5. The molecule has 0 atom stereocenters. The van der Waals surface area contributed by atoms with Crippen molar-refractivity contribution >= 4 is 150 Å². The summed E-state index contributed by atoms with van der Waals surface area (Å²) in [5, 5.41) is 4.59. The van der Waals surface area contributed by atoms with Crippen molar-refractivity contribution in [2.75, 3.05) is 39.0 Å². The first-order valence-corrected chi connectivity index (χ1v) is 35.9. The Morgan fingerprint density at radius 3 is 0.796 bits per heavy atom. The molecule has 0 saturated carbocycles. The average molecular weight is 1500 g/mol. The lowest BCUT2D eigenvalue weighted by Crippen LogP contribution is -2.40. The van der Waals surface area contributed by atoms with E-state index < -0.39 is 0 Å². The van der Waals surface area contributed by atoms with E-state index >= 15 is 0 Å². The molecule has 11 aromatic carbocycles. The number of nitrogens with one attached hydrogen (secondary N) is 1. The van der Waals surface area contributed by atoms with E-state index in [0.717, 1.165) is 71.0 Å². The van der Waals surface area contributed by atoms with Gasteiger partial charge < -0.3 is 43.4 Å². The van der Waals surface area contributed by atoms with Crippen molar-refractivity contribution in [3.63, 3.8) is 0 Å². The van der Waals surface area contributed by atoms with Gasteiger partial charge in [-0.25, -0.2) is 14.7 Å². The third-order valence-corrected chi connectivity index (χ3v) is 16.6. The van der Waals surface area contributed by atoms with Crippen molar-refractivity contribution < 1.29 is 33.2 Å². The highest BCUT2D eigenvalue weighted by atomic mass is 32.1. The highest BCUT2D eigenvalue weighted by Crippen LogP contribution is 2.28. The van der Waals surface area contributed by atoms with Gasteiger partial charge in [-0.2, -0.15) is 0 Å². The van der Waals surface area contributed by atoms with Gasteiger partial charge in [0.15, 0.2) is 0 Å². The Morgan fingerprint density at radius 1 is 0.282 bits per heavy atom. The quantitative estimate of drug-likeness (QED) is 0.0930. The van der Waals surface area contributed by atoms with E-state index in [-0.39, 0.29) is 31.0 Å². The molecular formula is C84H79N5O7S7. The first kappa shape index (κ1) is 78.4. The number of hydrogen-bond acceptors (Lipinski definition) is 15. The summed E-state index contributed by atoms with van der Waals surface area (Å²) >= 11 is 38.5. The lowest BCUT2D eigenvalue weighted by Gasteiger charge is -2.25. The van der Waals surface area contributed by atoms with Gasteiger partial charge in [-0.15, -0.1) is 0 Å². The largest absolute Gasteiger partial charge is 0.432 e. The van der Waals surface area contributed by atoms with E-state index in [2.05, 4.69) is 50.4 Å². The minimum absolute atomic E-state index is 0.185. The van der Waals surface area contributed by atoms with Crippen LogP contribution in [0, 0.1) is 13.8 Å². The summed E-state index contributed by atoms with van der Waals surface area (Å²) in [5.74, 6) is 4.57. The second-order valence-corrected chi connectivity index (χ2v) is 25.3. The monoisotopic (exact) mass is 1490 g/mol. The van der Waals surface area contributed by atoms with Crippen LogP contribution in [0.2, 0.25) is 0 Å². The van der Waals surface area contributed by atoms with E-state index in [1.807, 2.05) is 306 Å². The van der Waals surface area contributed by atoms with Crippen LogP contribution in [0.4, 0.5) is 28.4 Å². The van der Waals surface area contributed by atoms with Crippen LogP contribution in [0.15, 0.2) is 297 Å². The molecule has 524 valence electrons. The molecule has 0 amide bonds. The minimum Gasteiger partial charge on any atom is -0.432 e. The summed E-state index contributed by atoms with van der Waals surface area (Å²) in [5.41, 5.74) is 10.4. The zero-order chi connectivity index (χ0) is 73.3. The molecule has 103 heavy (non-hydrogen) atoms. The fourth-order valence-corrected chi connectivity index (χ4v) is 11.4. The molecule has 0 unspecified atom stereocenters. The molecule has 0 radical (unpaired) electrons. The smallest absolute Gasteiger partial charge is 0.277 e. The number of aryl methyl sites for hydroxylation is 5. The zero-order valence-corrected chi connectivity index (χ0v) is 63.8. The summed E-state index contributed by atoms with van der Waals surface area (Å²) in [4.78, 5) is 6.88. The average Bonchev–Trinajstić information content (AvgIpc) is 0.849. The van der Waals surface area contributed by atoms with Crippen LogP contribution in [0.1, 0.15) is 55.0 Å². The number of hydrogen-bond donors (Lipinski definition) is 1. The van der Waals surface area contributed by atoms with Crippen LogP contribution in [-0.2, 0) is 19.3 Å². The SMILES string of the molecule is CCCc1ccc(N(C(=S)Oc2ccc(C)cc2)C(=S)Oc2ccc(C)cc2)cc1.CCc1ccc(N(C(=S)Oc2ccccc2)C(=S)Oc2ccccc2)cc1.CCc1ccc(NC(=S)Oc2ccccc2)cc1.CN(C)c1ccc(N(C(=S)Oc2ccccc2)C(=S)Oc2ccccc2)cc1. The molecule has 19 heteroatoms. The van der Waals surface area contributed by atoms with Gasteiger partial charge in [0.25, 0.3) is 36.2 Å². The van der Waals surface area contributed by atoms with Gasteiger partial charge in [-0.05, 0) is 281 Å². The highest BCUT2D eigenvalue weighted by Gasteiger charge is 2.25. The Bertz CT molecular complexity index is 4310. The van der Waals surface area contributed by atoms with Crippen LogP contribution < -0.4 is 58.1 Å². The fraction of sp³-hybridized carbons (Fsp3) is 0.131. The molecule has 0 aromatic heterocycles. The topological polar surface area (TPSA) is 89.6 Å². The standard InChI is InChI=1S/C25H25NO2S2.C22H20N2O2S2.C22H19NO2S2.C15H15NOS/c1-4-5-20-10-12-21(13-11-20)26(24(29)27-22-14-6-18(2)7-15-22)25(30)28-23-16-8-19(3)9-17-23;1-23(2)17-13-15-18(16-14-17)24(21(27)25-19-9-5-3-6-10-19)22(28)26-20-11-7-4-8-12-20;1-2-17-13-15-18(16-14-17)23(21(26)24-19-9-5-3-6-10-19)22(27)25-20-11-7-4-8-12-20;1-2-12-8-10-13(11-9-12)16-15(18)17-14-6-4-3-5-7-14/h6-17H,4-5H2,1-3H3;3-16H,1-2H3;3-16H,2H2,1H3;3-11H,2H2,1H3,(H,16,18). The van der Waals surface area contributed by atoms with Crippen molar-refractivity contribution in [2.24, 2.45) is 0 Å². The number of ether oxygens (including phenoxy) is 7. The predicted molar refractivity (Wildman–Crippen MR) is 451 cm³/mol. The van der Waals surface area contributed by atoms with E-state index in [9.17, 15) is 0 Å². The van der Waals surface area contributed by atoms with Gasteiger partial charge in [0.1, 0.15) is 40.2 Å². The summed E-state index contributed by atoms with van der Waals surface area (Å²) < 4.78 is 40.7. The van der Waals surface area contributed by atoms with Gasteiger partial charge in [-0.3, -0.25) is 0 Å². The van der Waals surface area contributed by atoms with Crippen LogP contribution in [0.5, 0.6) is 40.2 Å². The van der Waals surface area contributed by atoms with E-state index in [1.165, 1.54) is 16.7 Å². The van der Waals surface area contributed by atoms with Crippen LogP contribution in [0.3, 0.4) is 0 Å². The molecule has 0 aliphatic rings. The first-order valence-electron chi connectivity index (χ1n) is 33.1. The Kier molecular flexibility index (Phi) is 31.6. The zero-order valence-electron chi connectivity index (χ0n) is 58.1. The maximum absolute atomic E-state index is 5.93. The molecule has 0 bridgehead atoms. The molecule has 0 aliphatic carbocycles. The minimum atomic E-state index is 0.185. The molecule has 0 heterocycles. The van der Waals surface area contributed by atoms with E-state index in [1.54, 1.807) is 14.7 Å². The second kappa shape index (κ2) is 41.5. The third-order valence-electron chi connectivity index (χ3n) is 14.9. The molecule has 11 rings (SSSR count). The number of thiocarbonyl (C=S) groups is 7. The lowest BCUT2D eigenvalue weighted by molar-refractivity contribution is 0.529. The second-order valence-electron chi connectivity index (χ2n) is 22.8. The molecule has 12 nitrogen and oxygen atoms in total. The molecule has 0 fully saturated rings. The van der Waals surface area contributed by atoms with Crippen molar-refractivity contribution in [3.05, 3.63) is 325 Å². The Morgan fingerprint density at radius 2 is 0.524 bits per heavy atom.